The Morgan fingerprint density at radius 3 is 2.37 bits per heavy atom. The topological polar surface area (TPSA) is 199 Å². The van der Waals surface area contributed by atoms with E-state index >= 15 is 0 Å². The highest BCUT2D eigenvalue weighted by molar-refractivity contribution is 6.34. The molecule has 2 aliphatic rings. The number of rotatable bonds is 7. The lowest BCUT2D eigenvalue weighted by Crippen LogP contribution is -2.52. The van der Waals surface area contributed by atoms with Gasteiger partial charge in [-0.15, -0.1) is 0 Å². The van der Waals surface area contributed by atoms with Crippen molar-refractivity contribution >= 4 is 46.4 Å². The van der Waals surface area contributed by atoms with Crippen LogP contribution in [-0.2, 0) is 18.0 Å². The molecule has 0 saturated carbocycles. The molecule has 0 atom stereocenters. The summed E-state index contributed by atoms with van der Waals surface area (Å²) >= 11 is 6.46. The Balaban J connectivity index is 1.15. The number of carbonyl (C=O) groups is 3. The number of aromatic nitrogens is 5. The van der Waals surface area contributed by atoms with E-state index < -0.39 is 34.0 Å². The zero-order valence-electron chi connectivity index (χ0n) is 27.0. The first-order valence-electron chi connectivity index (χ1n) is 15.7. The first-order valence-corrected chi connectivity index (χ1v) is 16.1. The molecule has 3 aromatic heterocycles. The molecule has 0 bridgehead atoms. The normalized spacial score (nSPS) is 15.5. The highest BCUT2D eigenvalue weighted by Gasteiger charge is 2.39. The summed E-state index contributed by atoms with van der Waals surface area (Å²) in [4.78, 5) is 60.9. The van der Waals surface area contributed by atoms with Crippen LogP contribution in [0.15, 0.2) is 42.9 Å². The quantitative estimate of drug-likeness (QED) is 0.187. The lowest BCUT2D eigenvalue weighted by atomic mass is 9.96. The second-order valence-electron chi connectivity index (χ2n) is 12.0. The number of nitrogens with two attached hydrogens (primary N) is 1. The fraction of sp³-hybridized carbons (Fsp3) is 0.355. The molecule has 5 heterocycles. The molecular formula is C31H31ClF3N11O5. The molecule has 6 rings (SSSR count). The van der Waals surface area contributed by atoms with Gasteiger partial charge in [0.1, 0.15) is 11.9 Å². The lowest BCUT2D eigenvalue weighted by molar-refractivity contribution is -0.384. The molecule has 1 aromatic carbocycles. The molecule has 0 radical (unpaired) electrons. The number of nitrogens with one attached hydrogen (secondary N) is 2. The number of piperazine rings is 1. The van der Waals surface area contributed by atoms with Crippen molar-refractivity contribution in [2.45, 2.75) is 19.0 Å². The van der Waals surface area contributed by atoms with E-state index in [4.69, 9.17) is 17.3 Å². The van der Waals surface area contributed by atoms with E-state index in [1.165, 1.54) is 25.2 Å². The van der Waals surface area contributed by atoms with Crippen LogP contribution in [0.1, 0.15) is 39.5 Å². The summed E-state index contributed by atoms with van der Waals surface area (Å²) in [5, 5.41) is 20.6. The van der Waals surface area contributed by atoms with E-state index in [0.717, 1.165) is 59.8 Å². The number of hydrogen-bond donors (Lipinski definition) is 3. The smallest absolute Gasteiger partial charge is 0.393 e. The van der Waals surface area contributed by atoms with E-state index in [1.54, 1.807) is 9.80 Å². The Morgan fingerprint density at radius 1 is 1.06 bits per heavy atom. The van der Waals surface area contributed by atoms with Gasteiger partial charge in [-0.3, -0.25) is 24.5 Å². The number of nitrogen functional groups attached to an aromatic ring is 1. The van der Waals surface area contributed by atoms with Gasteiger partial charge in [0.05, 0.1) is 33.0 Å². The first kappa shape index (κ1) is 35.3. The lowest BCUT2D eigenvalue weighted by Gasteiger charge is -2.37. The van der Waals surface area contributed by atoms with Gasteiger partial charge >= 0.3 is 11.9 Å². The van der Waals surface area contributed by atoms with Gasteiger partial charge in [0.2, 0.25) is 5.91 Å². The van der Waals surface area contributed by atoms with Gasteiger partial charge in [-0.25, -0.2) is 14.6 Å². The van der Waals surface area contributed by atoms with E-state index in [2.05, 4.69) is 25.7 Å². The van der Waals surface area contributed by atoms with Gasteiger partial charge in [-0.05, 0) is 44.1 Å². The number of pyridine rings is 1. The minimum atomic E-state index is -4.94. The average molecular weight is 730 g/mol. The standard InChI is InChI=1S/C31H31ClF3N11O5/c1-42-23(20-16-45(41-26(20)31(33,34)35)25-13-22(36)24(15-38-25)46(50)51)14-39-27(42)28(47)40-18-2-3-19(21(32)12-18)30(49)44-10-8-43(9-11-44)29(48)17-4-6-37-7-5-17/h2-3,12-17,37H,4-11H2,1H3,(H2,36,38)(H,40,47). The Labute approximate surface area is 292 Å². The molecule has 4 N–H and O–H groups in total. The van der Waals surface area contributed by atoms with Crippen LogP contribution in [0.3, 0.4) is 0 Å². The second kappa shape index (κ2) is 14.0. The molecule has 4 aromatic rings. The average Bonchev–Trinajstić information content (AvgIpc) is 3.72. The molecule has 0 unspecified atom stereocenters. The summed E-state index contributed by atoms with van der Waals surface area (Å²) in [5.74, 6) is -1.46. The SMILES string of the molecule is Cn1c(-c2cn(-c3cc(N)c([N+](=O)[O-])cn3)nc2C(F)(F)F)cnc1C(=O)Nc1ccc(C(=O)N2CCN(C(=O)C3CCNCC3)CC2)c(Cl)c1. The van der Waals surface area contributed by atoms with E-state index in [1.807, 2.05) is 0 Å². The third-order valence-electron chi connectivity index (χ3n) is 8.81. The summed E-state index contributed by atoms with van der Waals surface area (Å²) in [6, 6.07) is 5.31. The van der Waals surface area contributed by atoms with Crippen molar-refractivity contribution in [2.75, 3.05) is 50.3 Å². The molecule has 20 heteroatoms. The van der Waals surface area contributed by atoms with Crippen molar-refractivity contribution in [1.29, 1.82) is 0 Å². The fourth-order valence-electron chi connectivity index (χ4n) is 6.07. The maximum Gasteiger partial charge on any atom is 0.435 e. The summed E-state index contributed by atoms with van der Waals surface area (Å²) in [7, 11) is 1.34. The van der Waals surface area contributed by atoms with E-state index in [0.29, 0.717) is 26.2 Å². The number of imidazole rings is 1. The molecule has 2 aliphatic heterocycles. The van der Waals surface area contributed by atoms with Crippen molar-refractivity contribution in [3.05, 3.63) is 75.1 Å². The van der Waals surface area contributed by atoms with Gasteiger partial charge in [-0.2, -0.15) is 18.3 Å². The number of nitrogens with zero attached hydrogens (tertiary/aromatic N) is 8. The van der Waals surface area contributed by atoms with Crippen molar-refractivity contribution in [2.24, 2.45) is 13.0 Å². The molecule has 16 nitrogen and oxygen atoms in total. The van der Waals surface area contributed by atoms with Gasteiger partial charge in [-0.1, -0.05) is 11.6 Å². The highest BCUT2D eigenvalue weighted by atomic mass is 35.5. The zero-order chi connectivity index (χ0) is 36.6. The number of amides is 3. The number of anilines is 2. The second-order valence-corrected chi connectivity index (χ2v) is 12.4. The Hall–Kier alpha value is -5.56. The Bertz CT molecular complexity index is 2020. The van der Waals surface area contributed by atoms with Crippen LogP contribution in [0.25, 0.3) is 17.1 Å². The number of benzene rings is 1. The van der Waals surface area contributed by atoms with Crippen molar-refractivity contribution in [1.82, 2.24) is 39.4 Å². The predicted molar refractivity (Wildman–Crippen MR) is 177 cm³/mol. The minimum Gasteiger partial charge on any atom is -0.393 e. The molecule has 51 heavy (non-hydrogen) atoms. The molecule has 3 amide bonds. The number of halogens is 4. The largest absolute Gasteiger partial charge is 0.435 e. The van der Waals surface area contributed by atoms with Gasteiger partial charge < -0.3 is 30.7 Å². The monoisotopic (exact) mass is 729 g/mol. The Morgan fingerprint density at radius 2 is 1.75 bits per heavy atom. The number of hydrogen-bond acceptors (Lipinski definition) is 10. The molecule has 2 saturated heterocycles. The maximum atomic E-state index is 14.1. The van der Waals surface area contributed by atoms with Gasteiger partial charge in [0, 0.05) is 57.1 Å². The molecular weight excluding hydrogens is 699 g/mol. The van der Waals surface area contributed by atoms with Crippen LogP contribution >= 0.6 is 11.6 Å². The molecule has 2 fully saturated rings. The van der Waals surface area contributed by atoms with Crippen LogP contribution in [0, 0.1) is 16.0 Å². The van der Waals surface area contributed by atoms with Crippen molar-refractivity contribution in [3.8, 4) is 17.1 Å². The van der Waals surface area contributed by atoms with E-state index in [9.17, 15) is 37.7 Å². The van der Waals surface area contributed by atoms with Crippen molar-refractivity contribution in [3.63, 3.8) is 0 Å². The number of nitro groups is 1. The minimum absolute atomic E-state index is 0.00763. The summed E-state index contributed by atoms with van der Waals surface area (Å²) < 4.78 is 44.2. The zero-order valence-corrected chi connectivity index (χ0v) is 27.7. The third kappa shape index (κ3) is 7.20. The van der Waals surface area contributed by atoms with Gasteiger partial charge in [0.25, 0.3) is 11.8 Å². The van der Waals surface area contributed by atoms with Crippen LogP contribution in [0.5, 0.6) is 0 Å². The van der Waals surface area contributed by atoms with Crippen LogP contribution in [0.2, 0.25) is 5.02 Å². The highest BCUT2D eigenvalue weighted by Crippen LogP contribution is 2.37. The predicted octanol–water partition coefficient (Wildman–Crippen LogP) is 3.37. The summed E-state index contributed by atoms with van der Waals surface area (Å²) in [6.07, 6.45) is -0.477. The molecule has 268 valence electrons. The number of alkyl halides is 3. The van der Waals surface area contributed by atoms with Gasteiger partial charge in [0.15, 0.2) is 17.3 Å². The van der Waals surface area contributed by atoms with Crippen molar-refractivity contribution < 1.29 is 32.5 Å². The van der Waals surface area contributed by atoms with E-state index in [-0.39, 0.29) is 57.0 Å². The molecule has 0 spiro atoms. The first-order chi connectivity index (χ1) is 24.2. The number of piperidine rings is 1. The Kier molecular flexibility index (Phi) is 9.67. The fourth-order valence-corrected chi connectivity index (χ4v) is 6.33. The number of carbonyl (C=O) groups excluding carboxylic acids is 3. The maximum absolute atomic E-state index is 14.1. The summed E-state index contributed by atoms with van der Waals surface area (Å²) in [5.41, 5.74) is 3.35. The van der Waals surface area contributed by atoms with Crippen LogP contribution < -0.4 is 16.4 Å². The van der Waals surface area contributed by atoms with Crippen LogP contribution in [0.4, 0.5) is 30.2 Å². The van der Waals surface area contributed by atoms with Crippen LogP contribution in [-0.4, -0.2) is 96.0 Å². The molecule has 0 aliphatic carbocycles. The third-order valence-corrected chi connectivity index (χ3v) is 9.12. The summed E-state index contributed by atoms with van der Waals surface area (Å²) in [6.45, 7) is 3.15.